The summed E-state index contributed by atoms with van der Waals surface area (Å²) in [5.74, 6) is -0.225. The van der Waals surface area contributed by atoms with Crippen LogP contribution < -0.4 is 10.9 Å². The summed E-state index contributed by atoms with van der Waals surface area (Å²) in [6.07, 6.45) is 5.15. The first-order chi connectivity index (χ1) is 10.1. The van der Waals surface area contributed by atoms with Crippen molar-refractivity contribution < 1.29 is 4.79 Å². The lowest BCUT2D eigenvalue weighted by Crippen LogP contribution is -2.25. The summed E-state index contributed by atoms with van der Waals surface area (Å²) in [5.41, 5.74) is 2.03. The van der Waals surface area contributed by atoms with Crippen LogP contribution in [0.3, 0.4) is 0 Å². The molecule has 1 amide bonds. The molecular formula is C15H14N4O2. The summed E-state index contributed by atoms with van der Waals surface area (Å²) >= 11 is 0. The first kappa shape index (κ1) is 13.1. The molecule has 0 saturated heterocycles. The first-order valence-electron chi connectivity index (χ1n) is 6.51. The highest BCUT2D eigenvalue weighted by Gasteiger charge is 2.08. The summed E-state index contributed by atoms with van der Waals surface area (Å²) in [6.45, 7) is 0.368. The van der Waals surface area contributed by atoms with E-state index in [9.17, 15) is 9.59 Å². The average Bonchev–Trinajstić information content (AvgIpc) is 2.91. The van der Waals surface area contributed by atoms with Crippen LogP contribution in [0.25, 0.3) is 5.65 Å². The number of carbonyl (C=O) groups excluding carboxylic acids is 1. The van der Waals surface area contributed by atoms with Gasteiger partial charge in [-0.15, -0.1) is 0 Å². The van der Waals surface area contributed by atoms with Crippen LogP contribution in [-0.2, 0) is 13.6 Å². The largest absolute Gasteiger partial charge is 0.346 e. The molecule has 3 aromatic rings. The van der Waals surface area contributed by atoms with Gasteiger partial charge in [-0.05, 0) is 18.2 Å². The summed E-state index contributed by atoms with van der Waals surface area (Å²) in [4.78, 5) is 27.6. The molecule has 0 aromatic carbocycles. The van der Waals surface area contributed by atoms with Crippen LogP contribution in [0.2, 0.25) is 0 Å². The summed E-state index contributed by atoms with van der Waals surface area (Å²) in [5, 5.41) is 2.83. The van der Waals surface area contributed by atoms with Gasteiger partial charge in [-0.25, -0.2) is 4.98 Å². The van der Waals surface area contributed by atoms with Crippen molar-refractivity contribution in [3.05, 3.63) is 70.5 Å². The lowest BCUT2D eigenvalue weighted by atomic mass is 10.2. The molecule has 0 atom stereocenters. The van der Waals surface area contributed by atoms with E-state index in [1.54, 1.807) is 13.2 Å². The number of hydrogen-bond acceptors (Lipinski definition) is 3. The van der Waals surface area contributed by atoms with Crippen molar-refractivity contribution in [3.8, 4) is 0 Å². The van der Waals surface area contributed by atoms with Gasteiger partial charge in [0.25, 0.3) is 5.91 Å². The smallest absolute Gasteiger partial charge is 0.253 e. The van der Waals surface area contributed by atoms with Gasteiger partial charge in [-0.1, -0.05) is 6.07 Å². The molecule has 6 heteroatoms. The number of fused-ring (bicyclic) bond motifs is 1. The molecule has 0 unspecified atom stereocenters. The third-order valence-electron chi connectivity index (χ3n) is 3.27. The molecule has 3 heterocycles. The minimum Gasteiger partial charge on any atom is -0.346 e. The highest BCUT2D eigenvalue weighted by molar-refractivity contribution is 5.93. The lowest BCUT2D eigenvalue weighted by Gasteiger charge is -2.06. The molecule has 0 fully saturated rings. The molecule has 1 N–H and O–H groups in total. The molecule has 3 aromatic heterocycles. The van der Waals surface area contributed by atoms with E-state index < -0.39 is 0 Å². The van der Waals surface area contributed by atoms with Crippen molar-refractivity contribution >= 4 is 11.6 Å². The van der Waals surface area contributed by atoms with E-state index in [1.807, 2.05) is 28.8 Å². The number of rotatable bonds is 3. The molecule has 0 spiro atoms. The standard InChI is InChI=1S/C15H14N4O2/c1-18-10-11(5-6-14(18)20)15(21)17-9-12-8-16-13-4-2-3-7-19(12)13/h2-8,10H,9H2,1H3,(H,17,21). The Hall–Kier alpha value is -2.89. The van der Waals surface area contributed by atoms with Crippen molar-refractivity contribution in [2.45, 2.75) is 6.54 Å². The molecule has 0 radical (unpaired) electrons. The highest BCUT2D eigenvalue weighted by atomic mass is 16.2. The Kier molecular flexibility index (Phi) is 3.27. The van der Waals surface area contributed by atoms with Crippen LogP contribution in [0, 0.1) is 0 Å². The molecule has 6 nitrogen and oxygen atoms in total. The van der Waals surface area contributed by atoms with Gasteiger partial charge in [0, 0.05) is 25.5 Å². The molecule has 3 rings (SSSR count). The number of hydrogen-bond donors (Lipinski definition) is 1. The van der Waals surface area contributed by atoms with Crippen LogP contribution in [0.4, 0.5) is 0 Å². The summed E-state index contributed by atoms with van der Waals surface area (Å²) in [7, 11) is 1.61. The minimum atomic E-state index is -0.225. The predicted molar refractivity (Wildman–Crippen MR) is 78.0 cm³/mol. The zero-order chi connectivity index (χ0) is 14.8. The number of amides is 1. The van der Waals surface area contributed by atoms with Crippen LogP contribution in [0.15, 0.2) is 53.7 Å². The number of carbonyl (C=O) groups is 1. The lowest BCUT2D eigenvalue weighted by molar-refractivity contribution is 0.0949. The molecule has 0 aliphatic heterocycles. The van der Waals surface area contributed by atoms with Crippen molar-refractivity contribution in [2.24, 2.45) is 7.05 Å². The zero-order valence-electron chi connectivity index (χ0n) is 11.5. The van der Waals surface area contributed by atoms with E-state index in [4.69, 9.17) is 0 Å². The molecule has 0 saturated carbocycles. The number of nitrogens with one attached hydrogen (secondary N) is 1. The summed E-state index contributed by atoms with van der Waals surface area (Å²) < 4.78 is 3.30. The Morgan fingerprint density at radius 3 is 2.95 bits per heavy atom. The third-order valence-corrected chi connectivity index (χ3v) is 3.27. The van der Waals surface area contributed by atoms with Gasteiger partial charge in [0.05, 0.1) is 24.0 Å². The Balaban J connectivity index is 1.76. The Morgan fingerprint density at radius 2 is 2.14 bits per heavy atom. The maximum atomic E-state index is 12.1. The van der Waals surface area contributed by atoms with Crippen molar-refractivity contribution in [1.82, 2.24) is 19.3 Å². The van der Waals surface area contributed by atoms with Crippen LogP contribution in [0.5, 0.6) is 0 Å². The maximum absolute atomic E-state index is 12.1. The number of aromatic nitrogens is 3. The Labute approximate surface area is 120 Å². The molecule has 0 aliphatic rings. The molecule has 0 aliphatic carbocycles. The van der Waals surface area contributed by atoms with Gasteiger partial charge < -0.3 is 14.3 Å². The van der Waals surface area contributed by atoms with Crippen molar-refractivity contribution in [1.29, 1.82) is 0 Å². The molecule has 21 heavy (non-hydrogen) atoms. The van der Waals surface area contributed by atoms with E-state index in [0.29, 0.717) is 12.1 Å². The second-order valence-electron chi connectivity index (χ2n) is 4.73. The topological polar surface area (TPSA) is 68.4 Å². The van der Waals surface area contributed by atoms with E-state index >= 15 is 0 Å². The van der Waals surface area contributed by atoms with Crippen LogP contribution >= 0.6 is 0 Å². The number of nitrogens with zero attached hydrogens (tertiary/aromatic N) is 3. The first-order valence-corrected chi connectivity index (χ1v) is 6.51. The summed E-state index contributed by atoms with van der Waals surface area (Å²) in [6, 6.07) is 8.62. The second-order valence-corrected chi connectivity index (χ2v) is 4.73. The predicted octanol–water partition coefficient (Wildman–Crippen LogP) is 0.963. The number of aryl methyl sites for hydroxylation is 1. The van der Waals surface area contributed by atoms with Gasteiger partial charge in [-0.3, -0.25) is 9.59 Å². The Morgan fingerprint density at radius 1 is 1.29 bits per heavy atom. The van der Waals surface area contributed by atoms with Gasteiger partial charge in [0.15, 0.2) is 0 Å². The quantitative estimate of drug-likeness (QED) is 0.778. The molecule has 0 bridgehead atoms. The van der Waals surface area contributed by atoms with Gasteiger partial charge in [0.1, 0.15) is 5.65 Å². The average molecular weight is 282 g/mol. The van der Waals surface area contributed by atoms with Gasteiger partial charge in [-0.2, -0.15) is 0 Å². The van der Waals surface area contributed by atoms with E-state index in [0.717, 1.165) is 11.3 Å². The van der Waals surface area contributed by atoms with E-state index in [1.165, 1.54) is 22.9 Å². The second kappa shape index (κ2) is 5.24. The Bertz CT molecular complexity index is 863. The maximum Gasteiger partial charge on any atom is 0.253 e. The van der Waals surface area contributed by atoms with Gasteiger partial charge >= 0.3 is 0 Å². The normalized spacial score (nSPS) is 10.7. The van der Waals surface area contributed by atoms with Crippen molar-refractivity contribution in [2.75, 3.05) is 0 Å². The van der Waals surface area contributed by atoms with E-state index in [2.05, 4.69) is 10.3 Å². The SMILES string of the molecule is Cn1cc(C(=O)NCc2cnc3ccccn23)ccc1=O. The van der Waals surface area contributed by atoms with Gasteiger partial charge in [0.2, 0.25) is 5.56 Å². The molecule has 106 valence electrons. The monoisotopic (exact) mass is 282 g/mol. The highest BCUT2D eigenvalue weighted by Crippen LogP contribution is 2.06. The van der Waals surface area contributed by atoms with Crippen LogP contribution in [-0.4, -0.2) is 19.9 Å². The molecular weight excluding hydrogens is 268 g/mol. The number of pyridine rings is 2. The third kappa shape index (κ3) is 2.55. The number of imidazole rings is 1. The fraction of sp³-hybridized carbons (Fsp3) is 0.133. The van der Waals surface area contributed by atoms with Crippen molar-refractivity contribution in [3.63, 3.8) is 0 Å². The van der Waals surface area contributed by atoms with Crippen LogP contribution in [0.1, 0.15) is 16.1 Å². The zero-order valence-corrected chi connectivity index (χ0v) is 11.5. The van der Waals surface area contributed by atoms with E-state index in [-0.39, 0.29) is 11.5 Å². The minimum absolute atomic E-state index is 0.145. The fourth-order valence-electron chi connectivity index (χ4n) is 2.12. The fourth-order valence-corrected chi connectivity index (χ4v) is 2.12.